The highest BCUT2D eigenvalue weighted by molar-refractivity contribution is 6.00. The maximum atomic E-state index is 12.4. The van der Waals surface area contributed by atoms with Crippen LogP contribution in [0.4, 0.5) is 5.69 Å². The second kappa shape index (κ2) is 9.90. The molecule has 2 heterocycles. The van der Waals surface area contributed by atoms with Gasteiger partial charge in [0.15, 0.2) is 5.65 Å². The van der Waals surface area contributed by atoms with E-state index in [2.05, 4.69) is 19.9 Å². The fourth-order valence-electron chi connectivity index (χ4n) is 3.72. The number of nitrogens with one attached hydrogen (secondary N) is 2. The van der Waals surface area contributed by atoms with Crippen LogP contribution in [0.3, 0.4) is 0 Å². The van der Waals surface area contributed by atoms with Gasteiger partial charge < -0.3 is 30.8 Å². The fourth-order valence-corrected chi connectivity index (χ4v) is 3.72. The van der Waals surface area contributed by atoms with Gasteiger partial charge in [-0.05, 0) is 30.3 Å². The minimum atomic E-state index is -0.165. The molecule has 0 bridgehead atoms. The predicted octanol–water partition coefficient (Wildman–Crippen LogP) is 4.17. The van der Waals surface area contributed by atoms with E-state index in [0.717, 1.165) is 5.56 Å². The molecule has 0 atom stereocenters. The molecule has 0 fully saturated rings. The molecule has 190 valence electrons. The van der Waals surface area contributed by atoms with Crippen molar-refractivity contribution in [3.63, 3.8) is 0 Å². The summed E-state index contributed by atoms with van der Waals surface area (Å²) < 4.78 is 12.0. The molecule has 5 rings (SSSR count). The minimum absolute atomic E-state index is 0.0265. The quantitative estimate of drug-likeness (QED) is 0.144. The number of nitrogen functional groups attached to an aromatic ring is 2. The van der Waals surface area contributed by atoms with Gasteiger partial charge in [0, 0.05) is 42.5 Å². The molecule has 0 aliphatic carbocycles. The van der Waals surface area contributed by atoms with E-state index in [9.17, 15) is 4.79 Å². The highest BCUT2D eigenvalue weighted by Gasteiger charge is 2.18. The van der Waals surface area contributed by atoms with Crippen LogP contribution in [-0.4, -0.2) is 50.7 Å². The lowest BCUT2D eigenvalue weighted by Crippen LogP contribution is -2.21. The molecule has 0 saturated heterocycles. The van der Waals surface area contributed by atoms with Crippen LogP contribution in [0.5, 0.6) is 23.4 Å². The van der Waals surface area contributed by atoms with E-state index in [0.29, 0.717) is 39.6 Å². The van der Waals surface area contributed by atoms with Crippen molar-refractivity contribution in [1.82, 2.24) is 24.8 Å². The first-order valence-electron chi connectivity index (χ1n) is 11.5. The molecule has 5 aromatic rings. The van der Waals surface area contributed by atoms with Gasteiger partial charge in [-0.25, -0.2) is 4.98 Å². The standard InChI is InChI=1S/C27H24N8O3/c1-35(2)26(36)16-9-6-10-17(13-16)38-27-33-24-21(31-23(32-24)15-7-4-3-5-8-15)25(34-27)37-18-11-12-19(22(29)30)20(28)14-18/h3-14H,28H2,1-2H3,(H3,29,30)(H,31,32,33,34). The number of carbonyl (C=O) groups is 1. The third-order valence-electron chi connectivity index (χ3n) is 5.57. The smallest absolute Gasteiger partial charge is 0.327 e. The molecule has 11 heteroatoms. The molecule has 6 N–H and O–H groups in total. The number of aromatic amines is 1. The van der Waals surface area contributed by atoms with E-state index in [1.54, 1.807) is 56.6 Å². The number of amidine groups is 1. The normalized spacial score (nSPS) is 10.8. The summed E-state index contributed by atoms with van der Waals surface area (Å²) in [5.41, 5.74) is 14.4. The molecule has 1 amide bonds. The average molecular weight is 509 g/mol. The molecule has 38 heavy (non-hydrogen) atoms. The van der Waals surface area contributed by atoms with Gasteiger partial charge >= 0.3 is 6.01 Å². The number of carbonyl (C=O) groups excluding carboxylic acids is 1. The maximum Gasteiger partial charge on any atom is 0.327 e. The number of nitrogens with zero attached hydrogens (tertiary/aromatic N) is 4. The first-order valence-corrected chi connectivity index (χ1v) is 11.5. The molecule has 11 nitrogen and oxygen atoms in total. The van der Waals surface area contributed by atoms with Crippen molar-refractivity contribution in [1.29, 1.82) is 5.41 Å². The topological polar surface area (TPSA) is 169 Å². The van der Waals surface area contributed by atoms with Crippen molar-refractivity contribution in [3.8, 4) is 34.8 Å². The number of aromatic nitrogens is 4. The molecule has 0 unspecified atom stereocenters. The van der Waals surface area contributed by atoms with Gasteiger partial charge in [0.2, 0.25) is 0 Å². The van der Waals surface area contributed by atoms with E-state index in [-0.39, 0.29) is 29.3 Å². The molecule has 0 saturated carbocycles. The summed E-state index contributed by atoms with van der Waals surface area (Å²) in [5, 5.41) is 7.64. The number of rotatable bonds is 7. The molecule has 2 aromatic heterocycles. The number of fused-ring (bicyclic) bond motifs is 1. The lowest BCUT2D eigenvalue weighted by molar-refractivity contribution is 0.0827. The van der Waals surface area contributed by atoms with E-state index >= 15 is 0 Å². The largest absolute Gasteiger partial charge is 0.437 e. The van der Waals surface area contributed by atoms with Crippen molar-refractivity contribution >= 4 is 28.6 Å². The second-order valence-electron chi connectivity index (χ2n) is 8.56. The Kier molecular flexibility index (Phi) is 6.32. The van der Waals surface area contributed by atoms with Gasteiger partial charge in [0.25, 0.3) is 11.8 Å². The molecule has 0 aliphatic rings. The first kappa shape index (κ1) is 24.3. The number of ether oxygens (including phenoxy) is 2. The summed E-state index contributed by atoms with van der Waals surface area (Å²) in [4.78, 5) is 30.6. The Morgan fingerprint density at radius 2 is 1.68 bits per heavy atom. The van der Waals surface area contributed by atoms with Crippen LogP contribution in [0.2, 0.25) is 0 Å². The Labute approximate surface area is 217 Å². The van der Waals surface area contributed by atoms with Gasteiger partial charge in [-0.3, -0.25) is 10.2 Å². The second-order valence-corrected chi connectivity index (χ2v) is 8.56. The van der Waals surface area contributed by atoms with Crippen molar-refractivity contribution in [3.05, 3.63) is 83.9 Å². The van der Waals surface area contributed by atoms with Crippen LogP contribution in [0.25, 0.3) is 22.6 Å². The van der Waals surface area contributed by atoms with E-state index in [1.807, 2.05) is 30.3 Å². The van der Waals surface area contributed by atoms with Gasteiger partial charge in [-0.1, -0.05) is 36.4 Å². The third kappa shape index (κ3) is 4.93. The van der Waals surface area contributed by atoms with E-state index in [1.165, 1.54) is 4.90 Å². The first-order chi connectivity index (χ1) is 18.3. The van der Waals surface area contributed by atoms with Crippen LogP contribution in [0.1, 0.15) is 15.9 Å². The van der Waals surface area contributed by atoms with Crippen molar-refractivity contribution in [2.24, 2.45) is 5.73 Å². The molecule has 3 aromatic carbocycles. The SMILES string of the molecule is CN(C)C(=O)c1cccc(Oc2nc(Oc3ccc(C(=N)N)c(N)c3)c3[nH]c(-c4ccccc4)nc3n2)c1. The summed E-state index contributed by atoms with van der Waals surface area (Å²) >= 11 is 0. The summed E-state index contributed by atoms with van der Waals surface area (Å²) in [6.45, 7) is 0. The molecule has 0 aliphatic heterocycles. The van der Waals surface area contributed by atoms with Crippen LogP contribution in [0.15, 0.2) is 72.8 Å². The Bertz CT molecular complexity index is 1660. The van der Waals surface area contributed by atoms with Crippen molar-refractivity contribution in [2.45, 2.75) is 0 Å². The third-order valence-corrected chi connectivity index (χ3v) is 5.57. The summed E-state index contributed by atoms with van der Waals surface area (Å²) in [6, 6.07) is 21.0. The van der Waals surface area contributed by atoms with Gasteiger partial charge in [-0.2, -0.15) is 9.97 Å². The number of imidazole rings is 1. The number of anilines is 1. The Balaban J connectivity index is 1.56. The zero-order valence-corrected chi connectivity index (χ0v) is 20.6. The summed E-state index contributed by atoms with van der Waals surface area (Å²) in [6.07, 6.45) is 0. The Hall–Kier alpha value is -5.45. The molecule has 0 spiro atoms. The van der Waals surface area contributed by atoms with Crippen LogP contribution >= 0.6 is 0 Å². The van der Waals surface area contributed by atoms with E-state index in [4.69, 9.17) is 26.4 Å². The van der Waals surface area contributed by atoms with Crippen molar-refractivity contribution < 1.29 is 14.3 Å². The lowest BCUT2D eigenvalue weighted by Gasteiger charge is -2.12. The number of hydrogen-bond donors (Lipinski definition) is 4. The number of H-pyrrole nitrogens is 1. The number of amides is 1. The average Bonchev–Trinajstić information content (AvgIpc) is 3.33. The fraction of sp³-hybridized carbons (Fsp3) is 0.0741. The summed E-state index contributed by atoms with van der Waals surface area (Å²) in [7, 11) is 3.35. The molecule has 0 radical (unpaired) electrons. The molecular weight excluding hydrogens is 484 g/mol. The zero-order valence-electron chi connectivity index (χ0n) is 20.6. The maximum absolute atomic E-state index is 12.4. The van der Waals surface area contributed by atoms with Crippen LogP contribution in [-0.2, 0) is 0 Å². The highest BCUT2D eigenvalue weighted by atomic mass is 16.5. The highest BCUT2D eigenvalue weighted by Crippen LogP contribution is 2.32. The van der Waals surface area contributed by atoms with Crippen LogP contribution in [0, 0.1) is 5.41 Å². The van der Waals surface area contributed by atoms with Crippen molar-refractivity contribution in [2.75, 3.05) is 19.8 Å². The summed E-state index contributed by atoms with van der Waals surface area (Å²) in [5.74, 6) is 1.15. The van der Waals surface area contributed by atoms with Gasteiger partial charge in [-0.15, -0.1) is 0 Å². The van der Waals surface area contributed by atoms with Gasteiger partial charge in [0.05, 0.1) is 0 Å². The zero-order chi connectivity index (χ0) is 26.8. The Morgan fingerprint density at radius 1 is 0.921 bits per heavy atom. The Morgan fingerprint density at radius 3 is 2.39 bits per heavy atom. The molecular formula is C27H24N8O3. The number of hydrogen-bond acceptors (Lipinski definition) is 8. The lowest BCUT2D eigenvalue weighted by atomic mass is 10.1. The van der Waals surface area contributed by atoms with Gasteiger partial charge in [0.1, 0.15) is 28.7 Å². The van der Waals surface area contributed by atoms with E-state index < -0.39 is 0 Å². The number of benzene rings is 3. The predicted molar refractivity (Wildman–Crippen MR) is 144 cm³/mol. The monoisotopic (exact) mass is 508 g/mol. The van der Waals surface area contributed by atoms with Crippen LogP contribution < -0.4 is 20.9 Å². The minimum Gasteiger partial charge on any atom is -0.437 e. The number of nitrogens with two attached hydrogens (primary N) is 2.